The Kier molecular flexibility index (Phi) is 4.01. The number of benzene rings is 2. The van der Waals surface area contributed by atoms with E-state index >= 15 is 0 Å². The molecule has 0 saturated heterocycles. The predicted octanol–water partition coefficient (Wildman–Crippen LogP) is 3.78. The summed E-state index contributed by atoms with van der Waals surface area (Å²) in [6.07, 6.45) is 4.21. The molecule has 2 aromatic carbocycles. The Morgan fingerprint density at radius 2 is 1.91 bits per heavy atom. The van der Waals surface area contributed by atoms with Gasteiger partial charge in [-0.2, -0.15) is 5.10 Å². The van der Waals surface area contributed by atoms with E-state index in [0.29, 0.717) is 16.8 Å². The lowest BCUT2D eigenvalue weighted by molar-refractivity contribution is -0.131. The summed E-state index contributed by atoms with van der Waals surface area (Å²) in [4.78, 5) is 10.8. The van der Waals surface area contributed by atoms with Gasteiger partial charge in [-0.3, -0.25) is 0 Å². The normalized spacial score (nSPS) is 11.0. The third-order valence-electron chi connectivity index (χ3n) is 3.27. The van der Waals surface area contributed by atoms with Crippen molar-refractivity contribution in [1.29, 1.82) is 0 Å². The first kappa shape index (κ1) is 14.7. The average Bonchev–Trinajstić information content (AvgIpc) is 2.98. The van der Waals surface area contributed by atoms with E-state index in [9.17, 15) is 9.18 Å². The van der Waals surface area contributed by atoms with Gasteiger partial charge in [-0.25, -0.2) is 13.9 Å². The predicted molar refractivity (Wildman–Crippen MR) is 85.6 cm³/mol. The largest absolute Gasteiger partial charge is 0.478 e. The van der Waals surface area contributed by atoms with E-state index in [2.05, 4.69) is 5.10 Å². The van der Waals surface area contributed by atoms with Crippen molar-refractivity contribution < 1.29 is 14.3 Å². The Hall–Kier alpha value is -3.21. The van der Waals surface area contributed by atoms with E-state index in [0.717, 1.165) is 11.8 Å². The molecule has 0 bridgehead atoms. The molecule has 5 heteroatoms. The van der Waals surface area contributed by atoms with Gasteiger partial charge in [0.15, 0.2) is 0 Å². The number of para-hydroxylation sites is 1. The van der Waals surface area contributed by atoms with Gasteiger partial charge in [0.1, 0.15) is 11.5 Å². The number of aliphatic carboxylic acids is 1. The minimum Gasteiger partial charge on any atom is -0.478 e. The van der Waals surface area contributed by atoms with Crippen LogP contribution in [-0.2, 0) is 4.79 Å². The second-order valence-corrected chi connectivity index (χ2v) is 4.90. The van der Waals surface area contributed by atoms with Crippen LogP contribution in [0.2, 0.25) is 0 Å². The van der Waals surface area contributed by atoms with Crippen molar-refractivity contribution in [1.82, 2.24) is 9.78 Å². The maximum absolute atomic E-state index is 13.5. The minimum absolute atomic E-state index is 0.370. The Morgan fingerprint density at radius 3 is 2.61 bits per heavy atom. The van der Waals surface area contributed by atoms with Crippen LogP contribution < -0.4 is 0 Å². The Bertz CT molecular complexity index is 870. The molecular weight excluding hydrogens is 295 g/mol. The van der Waals surface area contributed by atoms with E-state index in [1.165, 1.54) is 18.2 Å². The fourth-order valence-corrected chi connectivity index (χ4v) is 2.24. The monoisotopic (exact) mass is 308 g/mol. The van der Waals surface area contributed by atoms with Crippen molar-refractivity contribution in [2.45, 2.75) is 0 Å². The van der Waals surface area contributed by atoms with E-state index in [1.54, 1.807) is 23.0 Å². The van der Waals surface area contributed by atoms with Crippen molar-refractivity contribution in [3.8, 4) is 16.9 Å². The molecule has 0 atom stereocenters. The molecular formula is C18H13FN2O2. The maximum atomic E-state index is 13.5. The number of halogens is 1. The van der Waals surface area contributed by atoms with Crippen LogP contribution in [0.5, 0.6) is 0 Å². The van der Waals surface area contributed by atoms with E-state index < -0.39 is 5.97 Å². The van der Waals surface area contributed by atoms with Gasteiger partial charge in [0, 0.05) is 23.4 Å². The van der Waals surface area contributed by atoms with Gasteiger partial charge in [-0.1, -0.05) is 30.3 Å². The number of carboxylic acid groups (broad SMARTS) is 1. The highest BCUT2D eigenvalue weighted by molar-refractivity contribution is 5.87. The van der Waals surface area contributed by atoms with Crippen LogP contribution in [0.4, 0.5) is 4.39 Å². The van der Waals surface area contributed by atoms with E-state index in [4.69, 9.17) is 5.11 Å². The standard InChI is InChI=1S/C18H13FN2O2/c19-15-6-4-5-13(11-15)18-14(9-10-17(22)23)12-21(20-18)16-7-2-1-3-8-16/h1-12H,(H,22,23)/b10-9+. The van der Waals surface area contributed by atoms with Crippen LogP contribution in [0.3, 0.4) is 0 Å². The van der Waals surface area contributed by atoms with Crippen molar-refractivity contribution in [3.05, 3.63) is 78.3 Å². The van der Waals surface area contributed by atoms with Crippen molar-refractivity contribution in [2.24, 2.45) is 0 Å². The third kappa shape index (κ3) is 3.35. The summed E-state index contributed by atoms with van der Waals surface area (Å²) >= 11 is 0. The number of carboxylic acids is 1. The second kappa shape index (κ2) is 6.27. The SMILES string of the molecule is O=C(O)/C=C/c1cn(-c2ccccc2)nc1-c1cccc(F)c1. The quantitative estimate of drug-likeness (QED) is 0.746. The van der Waals surface area contributed by atoms with Crippen LogP contribution in [0.25, 0.3) is 23.0 Å². The summed E-state index contributed by atoms with van der Waals surface area (Å²) in [6, 6.07) is 15.5. The Morgan fingerprint density at radius 1 is 1.13 bits per heavy atom. The van der Waals surface area contributed by atoms with Crippen LogP contribution in [0, 0.1) is 5.82 Å². The number of aromatic nitrogens is 2. The highest BCUT2D eigenvalue weighted by atomic mass is 19.1. The van der Waals surface area contributed by atoms with Gasteiger partial charge in [-0.15, -0.1) is 0 Å². The van der Waals surface area contributed by atoms with E-state index in [1.807, 2.05) is 30.3 Å². The molecule has 1 heterocycles. The highest BCUT2D eigenvalue weighted by Gasteiger charge is 2.11. The summed E-state index contributed by atoms with van der Waals surface area (Å²) in [6.45, 7) is 0. The molecule has 0 amide bonds. The van der Waals surface area contributed by atoms with E-state index in [-0.39, 0.29) is 5.82 Å². The van der Waals surface area contributed by atoms with Gasteiger partial charge in [0.2, 0.25) is 0 Å². The summed E-state index contributed by atoms with van der Waals surface area (Å²) < 4.78 is 15.1. The molecule has 0 saturated carbocycles. The molecule has 0 spiro atoms. The van der Waals surface area contributed by atoms with Gasteiger partial charge in [0.05, 0.1) is 5.69 Å². The first-order valence-electron chi connectivity index (χ1n) is 6.95. The van der Waals surface area contributed by atoms with Crippen molar-refractivity contribution >= 4 is 12.0 Å². The number of hydrogen-bond donors (Lipinski definition) is 1. The van der Waals surface area contributed by atoms with Gasteiger partial charge < -0.3 is 5.11 Å². The van der Waals surface area contributed by atoms with Gasteiger partial charge in [-0.05, 0) is 30.3 Å². The Balaban J connectivity index is 2.13. The summed E-state index contributed by atoms with van der Waals surface area (Å²) in [5.74, 6) is -1.42. The molecule has 3 aromatic rings. The number of rotatable bonds is 4. The molecule has 114 valence electrons. The zero-order chi connectivity index (χ0) is 16.2. The number of nitrogens with zero attached hydrogens (tertiary/aromatic N) is 2. The zero-order valence-corrected chi connectivity index (χ0v) is 12.1. The molecule has 0 radical (unpaired) electrons. The molecule has 23 heavy (non-hydrogen) atoms. The maximum Gasteiger partial charge on any atom is 0.328 e. The molecule has 3 rings (SSSR count). The number of hydrogen-bond acceptors (Lipinski definition) is 2. The molecule has 0 aliphatic rings. The first-order chi connectivity index (χ1) is 11.1. The fourth-order valence-electron chi connectivity index (χ4n) is 2.24. The molecule has 1 aromatic heterocycles. The van der Waals surface area contributed by atoms with Crippen molar-refractivity contribution in [3.63, 3.8) is 0 Å². The summed E-state index contributed by atoms with van der Waals surface area (Å²) in [7, 11) is 0. The minimum atomic E-state index is -1.05. The third-order valence-corrected chi connectivity index (χ3v) is 3.27. The van der Waals surface area contributed by atoms with Crippen LogP contribution in [0.15, 0.2) is 66.9 Å². The number of carbonyl (C=O) groups is 1. The Labute approximate surface area is 132 Å². The molecule has 0 fully saturated rings. The fraction of sp³-hybridized carbons (Fsp3) is 0. The second-order valence-electron chi connectivity index (χ2n) is 4.90. The summed E-state index contributed by atoms with van der Waals surface area (Å²) in [5.41, 5.74) is 2.54. The lowest BCUT2D eigenvalue weighted by Crippen LogP contribution is -1.94. The molecule has 0 unspecified atom stereocenters. The van der Waals surface area contributed by atoms with Crippen LogP contribution in [-0.4, -0.2) is 20.9 Å². The first-order valence-corrected chi connectivity index (χ1v) is 6.95. The van der Waals surface area contributed by atoms with Crippen LogP contribution >= 0.6 is 0 Å². The lowest BCUT2D eigenvalue weighted by Gasteiger charge is -2.00. The highest BCUT2D eigenvalue weighted by Crippen LogP contribution is 2.25. The van der Waals surface area contributed by atoms with Gasteiger partial charge in [0.25, 0.3) is 0 Å². The van der Waals surface area contributed by atoms with Crippen LogP contribution in [0.1, 0.15) is 5.56 Å². The molecule has 4 nitrogen and oxygen atoms in total. The molecule has 0 aliphatic carbocycles. The van der Waals surface area contributed by atoms with Gasteiger partial charge >= 0.3 is 5.97 Å². The molecule has 1 N–H and O–H groups in total. The molecule has 0 aliphatic heterocycles. The average molecular weight is 308 g/mol. The summed E-state index contributed by atoms with van der Waals surface area (Å²) in [5, 5.41) is 13.3. The zero-order valence-electron chi connectivity index (χ0n) is 12.1. The topological polar surface area (TPSA) is 55.1 Å². The van der Waals surface area contributed by atoms with Crippen molar-refractivity contribution in [2.75, 3.05) is 0 Å². The smallest absolute Gasteiger partial charge is 0.328 e. The lowest BCUT2D eigenvalue weighted by atomic mass is 10.1.